The lowest BCUT2D eigenvalue weighted by Crippen LogP contribution is -2.33. The molecular formula is C10H14N2O5. The summed E-state index contributed by atoms with van der Waals surface area (Å²) in [6, 6.07) is 0. The van der Waals surface area contributed by atoms with Gasteiger partial charge in [-0.3, -0.25) is 14.3 Å². The van der Waals surface area contributed by atoms with Gasteiger partial charge in [0.1, 0.15) is 12.3 Å². The minimum atomic E-state index is -0.816. The van der Waals surface area contributed by atoms with Crippen LogP contribution in [0.25, 0.3) is 0 Å². The van der Waals surface area contributed by atoms with Gasteiger partial charge in [-0.25, -0.2) is 4.79 Å². The van der Waals surface area contributed by atoms with E-state index in [1.54, 1.807) is 6.92 Å². The number of aromatic nitrogens is 2. The van der Waals surface area contributed by atoms with Crippen molar-refractivity contribution in [3.05, 3.63) is 32.6 Å². The van der Waals surface area contributed by atoms with Crippen molar-refractivity contribution in [2.75, 3.05) is 6.61 Å². The Balaban J connectivity index is 2.34. The minimum absolute atomic E-state index is 0.205. The first-order chi connectivity index (χ1) is 8.02. The van der Waals surface area contributed by atoms with Gasteiger partial charge in [-0.15, -0.1) is 0 Å². The fourth-order valence-electron chi connectivity index (χ4n) is 1.85. The Bertz CT molecular complexity index is 520. The van der Waals surface area contributed by atoms with Gasteiger partial charge in [-0.2, -0.15) is 0 Å². The Morgan fingerprint density at radius 3 is 2.88 bits per heavy atom. The third-order valence-electron chi connectivity index (χ3n) is 2.84. The number of aryl methyl sites for hydroxylation is 1. The highest BCUT2D eigenvalue weighted by Crippen LogP contribution is 2.27. The number of H-pyrrole nitrogens is 1. The summed E-state index contributed by atoms with van der Waals surface area (Å²) in [5, 5.41) is 18.5. The summed E-state index contributed by atoms with van der Waals surface area (Å²) in [7, 11) is 0. The van der Waals surface area contributed by atoms with Gasteiger partial charge in [0.15, 0.2) is 0 Å². The van der Waals surface area contributed by atoms with E-state index in [1.165, 1.54) is 10.8 Å². The van der Waals surface area contributed by atoms with Crippen LogP contribution in [0.2, 0.25) is 0 Å². The van der Waals surface area contributed by atoms with Crippen molar-refractivity contribution in [1.29, 1.82) is 0 Å². The predicted molar refractivity (Wildman–Crippen MR) is 57.7 cm³/mol. The van der Waals surface area contributed by atoms with Gasteiger partial charge in [0.2, 0.25) is 0 Å². The Morgan fingerprint density at radius 1 is 1.59 bits per heavy atom. The normalized spacial score (nSPS) is 28.5. The Labute approximate surface area is 96.3 Å². The van der Waals surface area contributed by atoms with Crippen molar-refractivity contribution in [3.63, 3.8) is 0 Å². The molecule has 1 saturated heterocycles. The lowest BCUT2D eigenvalue weighted by Gasteiger charge is -2.14. The molecule has 0 aliphatic carbocycles. The van der Waals surface area contributed by atoms with E-state index in [0.29, 0.717) is 5.56 Å². The van der Waals surface area contributed by atoms with Crippen LogP contribution in [0.1, 0.15) is 18.2 Å². The number of nitrogens with one attached hydrogen (secondary N) is 1. The molecule has 1 fully saturated rings. The van der Waals surface area contributed by atoms with Crippen LogP contribution in [-0.2, 0) is 4.74 Å². The van der Waals surface area contributed by atoms with E-state index < -0.39 is 29.7 Å². The highest BCUT2D eigenvalue weighted by Gasteiger charge is 2.34. The van der Waals surface area contributed by atoms with Crippen molar-refractivity contribution in [2.45, 2.75) is 31.8 Å². The molecule has 3 N–H and O–H groups in total. The van der Waals surface area contributed by atoms with Gasteiger partial charge in [0.05, 0.1) is 12.7 Å². The van der Waals surface area contributed by atoms with Crippen LogP contribution in [0, 0.1) is 6.92 Å². The van der Waals surface area contributed by atoms with Crippen LogP contribution in [0.15, 0.2) is 15.8 Å². The number of ether oxygens (including phenoxy) is 1. The van der Waals surface area contributed by atoms with E-state index in [4.69, 9.17) is 9.84 Å². The van der Waals surface area contributed by atoms with Crippen LogP contribution in [0.5, 0.6) is 0 Å². The maximum atomic E-state index is 11.6. The second-order valence-electron chi connectivity index (χ2n) is 4.09. The van der Waals surface area contributed by atoms with Gasteiger partial charge in [0, 0.05) is 18.2 Å². The van der Waals surface area contributed by atoms with E-state index in [-0.39, 0.29) is 13.0 Å². The third kappa shape index (κ3) is 2.17. The molecule has 0 saturated carbocycles. The summed E-state index contributed by atoms with van der Waals surface area (Å²) in [6.45, 7) is 1.26. The van der Waals surface area contributed by atoms with Crippen molar-refractivity contribution in [1.82, 2.24) is 9.55 Å². The van der Waals surface area contributed by atoms with Crippen molar-refractivity contribution in [3.8, 4) is 0 Å². The Morgan fingerprint density at radius 2 is 2.29 bits per heavy atom. The van der Waals surface area contributed by atoms with Gasteiger partial charge in [-0.05, 0) is 6.92 Å². The molecule has 1 aliphatic rings. The molecule has 1 aromatic rings. The van der Waals surface area contributed by atoms with Crippen LogP contribution >= 0.6 is 0 Å². The van der Waals surface area contributed by atoms with E-state index in [9.17, 15) is 14.7 Å². The monoisotopic (exact) mass is 242 g/mol. The molecule has 0 radical (unpaired) electrons. The first-order valence-electron chi connectivity index (χ1n) is 5.29. The Hall–Kier alpha value is -1.44. The van der Waals surface area contributed by atoms with Crippen LogP contribution in [-0.4, -0.2) is 38.6 Å². The highest BCUT2D eigenvalue weighted by molar-refractivity contribution is 5.02. The zero-order valence-electron chi connectivity index (χ0n) is 9.29. The number of aliphatic hydroxyl groups excluding tert-OH is 2. The van der Waals surface area contributed by atoms with Crippen LogP contribution in [0.4, 0.5) is 0 Å². The third-order valence-corrected chi connectivity index (χ3v) is 2.84. The highest BCUT2D eigenvalue weighted by atomic mass is 16.5. The summed E-state index contributed by atoms with van der Waals surface area (Å²) in [5.41, 5.74) is -0.643. The SMILES string of the molecule is Cc1cn([C@H]2C[C@@H](O)[C@@H](CO)O2)c(=O)[nH]c1=O. The molecule has 94 valence electrons. The average Bonchev–Trinajstić information content (AvgIpc) is 2.65. The standard InChI is InChI=1S/C10H14N2O5/c1-5-3-12(10(16)11-9(5)15)8-2-6(14)7(4-13)17-8/h3,6-8,13-14H,2,4H2,1H3,(H,11,15,16)/t6-,7-,8-/m1/s1. The second kappa shape index (κ2) is 4.44. The summed E-state index contributed by atoms with van der Waals surface area (Å²) >= 11 is 0. The fourth-order valence-corrected chi connectivity index (χ4v) is 1.85. The largest absolute Gasteiger partial charge is 0.394 e. The van der Waals surface area contributed by atoms with Gasteiger partial charge in [0.25, 0.3) is 5.56 Å². The fraction of sp³-hybridized carbons (Fsp3) is 0.600. The molecule has 17 heavy (non-hydrogen) atoms. The quantitative estimate of drug-likeness (QED) is 0.584. The van der Waals surface area contributed by atoms with Crippen LogP contribution < -0.4 is 11.2 Å². The van der Waals surface area contributed by atoms with E-state index >= 15 is 0 Å². The molecule has 0 bridgehead atoms. The molecule has 0 unspecified atom stereocenters. The minimum Gasteiger partial charge on any atom is -0.394 e. The van der Waals surface area contributed by atoms with E-state index in [0.717, 1.165) is 0 Å². The number of hydrogen-bond donors (Lipinski definition) is 3. The summed E-state index contributed by atoms with van der Waals surface area (Å²) in [5.74, 6) is 0. The van der Waals surface area contributed by atoms with E-state index in [2.05, 4.69) is 4.98 Å². The number of nitrogens with zero attached hydrogens (tertiary/aromatic N) is 1. The van der Waals surface area contributed by atoms with E-state index in [1.807, 2.05) is 0 Å². The molecule has 1 aromatic heterocycles. The number of hydrogen-bond acceptors (Lipinski definition) is 5. The summed E-state index contributed by atoms with van der Waals surface area (Å²) in [4.78, 5) is 24.9. The smallest absolute Gasteiger partial charge is 0.330 e. The first kappa shape index (κ1) is 12.0. The molecule has 2 rings (SSSR count). The zero-order valence-corrected chi connectivity index (χ0v) is 9.29. The van der Waals surface area contributed by atoms with Crippen molar-refractivity contribution < 1.29 is 14.9 Å². The lowest BCUT2D eigenvalue weighted by molar-refractivity contribution is -0.0459. The average molecular weight is 242 g/mol. The molecular weight excluding hydrogens is 228 g/mol. The van der Waals surface area contributed by atoms with Crippen LogP contribution in [0.3, 0.4) is 0 Å². The van der Waals surface area contributed by atoms with Crippen molar-refractivity contribution in [2.24, 2.45) is 0 Å². The molecule has 0 spiro atoms. The van der Waals surface area contributed by atoms with Gasteiger partial charge in [-0.1, -0.05) is 0 Å². The molecule has 2 heterocycles. The predicted octanol–water partition coefficient (Wildman–Crippen LogP) is -1.51. The first-order valence-corrected chi connectivity index (χ1v) is 5.29. The molecule has 1 aliphatic heterocycles. The molecule has 3 atom stereocenters. The summed E-state index contributed by atoms with van der Waals surface area (Å²) in [6.07, 6.45) is -0.581. The number of aliphatic hydroxyl groups is 2. The van der Waals surface area contributed by atoms with Gasteiger partial charge < -0.3 is 14.9 Å². The molecule has 0 aromatic carbocycles. The van der Waals surface area contributed by atoms with Crippen molar-refractivity contribution >= 4 is 0 Å². The molecule has 7 nitrogen and oxygen atoms in total. The molecule has 7 heteroatoms. The lowest BCUT2D eigenvalue weighted by atomic mass is 10.2. The maximum Gasteiger partial charge on any atom is 0.330 e. The summed E-state index contributed by atoms with van der Waals surface area (Å²) < 4.78 is 6.54. The topological polar surface area (TPSA) is 105 Å². The van der Waals surface area contributed by atoms with Gasteiger partial charge >= 0.3 is 5.69 Å². The number of rotatable bonds is 2. The number of aromatic amines is 1. The Kier molecular flexibility index (Phi) is 3.14. The molecule has 0 amide bonds. The second-order valence-corrected chi connectivity index (χ2v) is 4.09. The maximum absolute atomic E-state index is 11.6. The zero-order chi connectivity index (χ0) is 12.6.